The molecule has 3 heteroatoms. The first kappa shape index (κ1) is 14.3. The average Bonchev–Trinajstić information content (AvgIpc) is 2.47. The first-order valence-corrected chi connectivity index (χ1v) is 6.83. The highest BCUT2D eigenvalue weighted by Crippen LogP contribution is 2.22. The van der Waals surface area contributed by atoms with Gasteiger partial charge in [-0.2, -0.15) is 0 Å². The summed E-state index contributed by atoms with van der Waals surface area (Å²) >= 11 is 3.37. The Morgan fingerprint density at radius 1 is 1.05 bits per heavy atom. The van der Waals surface area contributed by atoms with Gasteiger partial charge in [0.25, 0.3) is 0 Å². The largest absolute Gasteiger partial charge is 0.508 e. The lowest BCUT2D eigenvalue weighted by molar-refractivity contribution is -0.109. The summed E-state index contributed by atoms with van der Waals surface area (Å²) in [5, 5.41) is 9.28. The van der Waals surface area contributed by atoms with E-state index < -0.39 is 0 Å². The third-order valence-corrected chi connectivity index (χ3v) is 3.34. The number of carbonyl (C=O) groups excluding carboxylic acids is 1. The molecule has 0 aliphatic rings. The molecule has 0 atom stereocenters. The fourth-order valence-corrected chi connectivity index (χ4v) is 2.04. The van der Waals surface area contributed by atoms with E-state index in [1.807, 2.05) is 24.3 Å². The van der Waals surface area contributed by atoms with Gasteiger partial charge in [0.15, 0.2) is 5.78 Å². The zero-order chi connectivity index (χ0) is 14.5. The van der Waals surface area contributed by atoms with Crippen LogP contribution in [-0.4, -0.2) is 10.9 Å². The molecule has 2 nitrogen and oxygen atoms in total. The number of benzene rings is 2. The van der Waals surface area contributed by atoms with E-state index in [4.69, 9.17) is 0 Å². The fourth-order valence-electron chi connectivity index (χ4n) is 1.77. The van der Waals surface area contributed by atoms with Crippen molar-refractivity contribution in [2.24, 2.45) is 0 Å². The van der Waals surface area contributed by atoms with E-state index in [1.54, 1.807) is 30.3 Å². The van der Waals surface area contributed by atoms with E-state index in [2.05, 4.69) is 22.5 Å². The zero-order valence-electron chi connectivity index (χ0n) is 10.7. The molecule has 0 amide bonds. The third kappa shape index (κ3) is 3.45. The minimum absolute atomic E-state index is 0.139. The van der Waals surface area contributed by atoms with Crippen LogP contribution in [0.3, 0.4) is 0 Å². The highest BCUT2D eigenvalue weighted by atomic mass is 79.9. The number of aromatic hydroxyl groups is 1. The Morgan fingerprint density at radius 3 is 2.20 bits per heavy atom. The Morgan fingerprint density at radius 2 is 1.65 bits per heavy atom. The van der Waals surface area contributed by atoms with Crippen LogP contribution in [0.2, 0.25) is 0 Å². The van der Waals surface area contributed by atoms with Gasteiger partial charge in [-0.15, -0.1) is 0 Å². The van der Waals surface area contributed by atoms with Crippen LogP contribution in [0.5, 0.6) is 5.75 Å². The van der Waals surface area contributed by atoms with Crippen LogP contribution in [0.1, 0.15) is 11.1 Å². The summed E-state index contributed by atoms with van der Waals surface area (Å²) in [5.41, 5.74) is 2.24. The summed E-state index contributed by atoms with van der Waals surface area (Å²) in [4.78, 5) is 12.0. The van der Waals surface area contributed by atoms with Crippen molar-refractivity contribution in [2.75, 3.05) is 0 Å². The number of hydrogen-bond acceptors (Lipinski definition) is 2. The Labute approximate surface area is 126 Å². The predicted octanol–water partition coefficient (Wildman–Crippen LogP) is 4.45. The molecule has 0 saturated carbocycles. The molecule has 2 rings (SSSR count). The van der Waals surface area contributed by atoms with Crippen LogP contribution in [0.25, 0.3) is 11.6 Å². The third-order valence-electron chi connectivity index (χ3n) is 2.81. The van der Waals surface area contributed by atoms with Crippen molar-refractivity contribution < 1.29 is 9.90 Å². The SMILES string of the molecule is C=CC(=O)C(=Cc1ccc(O)cc1)c1ccc(Br)cc1. The second kappa shape index (κ2) is 6.35. The van der Waals surface area contributed by atoms with Gasteiger partial charge in [0, 0.05) is 10.0 Å². The van der Waals surface area contributed by atoms with Gasteiger partial charge in [-0.25, -0.2) is 0 Å². The number of carbonyl (C=O) groups is 1. The van der Waals surface area contributed by atoms with Gasteiger partial charge in [-0.05, 0) is 47.5 Å². The smallest absolute Gasteiger partial charge is 0.185 e. The molecule has 0 spiro atoms. The average molecular weight is 329 g/mol. The minimum atomic E-state index is -0.139. The Kier molecular flexibility index (Phi) is 4.53. The maximum Gasteiger partial charge on any atom is 0.185 e. The number of phenols is 1. The molecule has 0 saturated heterocycles. The van der Waals surface area contributed by atoms with Crippen molar-refractivity contribution in [1.29, 1.82) is 0 Å². The van der Waals surface area contributed by atoms with Crippen molar-refractivity contribution >= 4 is 33.4 Å². The number of rotatable bonds is 4. The molecule has 1 N–H and O–H groups in total. The standard InChI is InChI=1S/C17H13BrO2/c1-2-17(20)16(13-5-7-14(18)8-6-13)11-12-3-9-15(19)10-4-12/h2-11,19H,1H2. The quantitative estimate of drug-likeness (QED) is 0.665. The molecule has 0 fully saturated rings. The van der Waals surface area contributed by atoms with Gasteiger partial charge < -0.3 is 5.11 Å². The molecule has 20 heavy (non-hydrogen) atoms. The van der Waals surface area contributed by atoms with E-state index >= 15 is 0 Å². The molecule has 0 aliphatic heterocycles. The monoisotopic (exact) mass is 328 g/mol. The number of allylic oxidation sites excluding steroid dienone is 2. The molecule has 0 unspecified atom stereocenters. The molecule has 0 bridgehead atoms. The topological polar surface area (TPSA) is 37.3 Å². The van der Waals surface area contributed by atoms with Gasteiger partial charge >= 0.3 is 0 Å². The molecule has 100 valence electrons. The normalized spacial score (nSPS) is 11.2. The number of hydrogen-bond donors (Lipinski definition) is 1. The molecule has 0 heterocycles. The Bertz CT molecular complexity index is 652. The van der Waals surface area contributed by atoms with Crippen molar-refractivity contribution in [3.05, 3.63) is 76.8 Å². The summed E-state index contributed by atoms with van der Waals surface area (Å²) in [6.45, 7) is 3.54. The van der Waals surface area contributed by atoms with E-state index in [0.717, 1.165) is 15.6 Å². The summed E-state index contributed by atoms with van der Waals surface area (Å²) in [5.74, 6) is 0.0581. The van der Waals surface area contributed by atoms with Gasteiger partial charge in [0.1, 0.15) is 5.75 Å². The second-order valence-electron chi connectivity index (χ2n) is 4.22. The Balaban J connectivity index is 2.47. The highest BCUT2D eigenvalue weighted by molar-refractivity contribution is 9.10. The molecule has 2 aromatic rings. The lowest BCUT2D eigenvalue weighted by Gasteiger charge is -2.05. The predicted molar refractivity (Wildman–Crippen MR) is 85.3 cm³/mol. The van der Waals surface area contributed by atoms with Crippen molar-refractivity contribution in [2.45, 2.75) is 0 Å². The molecule has 0 aliphatic carbocycles. The van der Waals surface area contributed by atoms with Gasteiger partial charge in [-0.1, -0.05) is 46.8 Å². The fraction of sp³-hybridized carbons (Fsp3) is 0. The summed E-state index contributed by atoms with van der Waals surface area (Å²) in [7, 11) is 0. The highest BCUT2D eigenvalue weighted by Gasteiger charge is 2.09. The van der Waals surface area contributed by atoms with E-state index in [9.17, 15) is 9.90 Å². The van der Waals surface area contributed by atoms with Crippen molar-refractivity contribution in [3.63, 3.8) is 0 Å². The first-order valence-electron chi connectivity index (χ1n) is 6.03. The van der Waals surface area contributed by atoms with Crippen molar-refractivity contribution in [3.8, 4) is 5.75 Å². The summed E-state index contributed by atoms with van der Waals surface area (Å²) in [6.07, 6.45) is 3.08. The van der Waals surface area contributed by atoms with Gasteiger partial charge in [-0.3, -0.25) is 4.79 Å². The minimum Gasteiger partial charge on any atom is -0.508 e. The summed E-state index contributed by atoms with van der Waals surface area (Å²) < 4.78 is 0.955. The van der Waals surface area contributed by atoms with Crippen LogP contribution in [0.4, 0.5) is 0 Å². The van der Waals surface area contributed by atoms with Crippen LogP contribution < -0.4 is 0 Å². The number of phenolic OH excluding ortho intramolecular Hbond substituents is 1. The number of ketones is 1. The van der Waals surface area contributed by atoms with Crippen LogP contribution in [0.15, 0.2) is 65.7 Å². The lowest BCUT2D eigenvalue weighted by atomic mass is 9.99. The van der Waals surface area contributed by atoms with Crippen LogP contribution in [0, 0.1) is 0 Å². The van der Waals surface area contributed by atoms with Crippen molar-refractivity contribution in [1.82, 2.24) is 0 Å². The number of halogens is 1. The molecular weight excluding hydrogens is 316 g/mol. The molecule has 2 aromatic carbocycles. The maximum atomic E-state index is 12.0. The van der Waals surface area contributed by atoms with Gasteiger partial charge in [0.05, 0.1) is 0 Å². The first-order chi connectivity index (χ1) is 9.60. The lowest BCUT2D eigenvalue weighted by Crippen LogP contribution is -1.97. The zero-order valence-corrected chi connectivity index (χ0v) is 12.3. The molecule has 0 radical (unpaired) electrons. The Hall–Kier alpha value is -2.13. The summed E-state index contributed by atoms with van der Waals surface area (Å²) in [6, 6.07) is 14.2. The van der Waals surface area contributed by atoms with E-state index in [1.165, 1.54) is 6.08 Å². The molecule has 0 aromatic heterocycles. The van der Waals surface area contributed by atoms with Crippen LogP contribution >= 0.6 is 15.9 Å². The van der Waals surface area contributed by atoms with E-state index in [-0.39, 0.29) is 11.5 Å². The van der Waals surface area contributed by atoms with Crippen LogP contribution in [-0.2, 0) is 4.79 Å². The maximum absolute atomic E-state index is 12.0. The van der Waals surface area contributed by atoms with Gasteiger partial charge in [0.2, 0.25) is 0 Å². The molecular formula is C17H13BrO2. The van der Waals surface area contributed by atoms with E-state index in [0.29, 0.717) is 5.57 Å². The second-order valence-corrected chi connectivity index (χ2v) is 5.14.